The van der Waals surface area contributed by atoms with Crippen LogP contribution in [0, 0.1) is 5.92 Å². The van der Waals surface area contributed by atoms with Gasteiger partial charge in [-0.15, -0.1) is 0 Å². The Kier molecular flexibility index (Phi) is 7.54. The highest BCUT2D eigenvalue weighted by molar-refractivity contribution is 5.86. The van der Waals surface area contributed by atoms with Crippen LogP contribution in [0.15, 0.2) is 42.5 Å². The second kappa shape index (κ2) is 10.6. The average Bonchev–Trinajstić information content (AvgIpc) is 3.24. The molecule has 0 aliphatic carbocycles. The molecule has 0 saturated carbocycles. The van der Waals surface area contributed by atoms with Gasteiger partial charge in [-0.3, -0.25) is 14.4 Å². The van der Waals surface area contributed by atoms with Crippen LogP contribution in [0.1, 0.15) is 57.9 Å². The van der Waals surface area contributed by atoms with Crippen molar-refractivity contribution in [1.29, 1.82) is 0 Å². The van der Waals surface area contributed by atoms with E-state index in [1.165, 1.54) is 16.3 Å². The van der Waals surface area contributed by atoms with Crippen LogP contribution in [0.4, 0.5) is 0 Å². The second-order valence-electron chi connectivity index (χ2n) is 9.83. The van der Waals surface area contributed by atoms with Crippen LogP contribution < -0.4 is 5.32 Å². The Hall–Kier alpha value is -2.89. The van der Waals surface area contributed by atoms with E-state index in [0.717, 1.165) is 25.7 Å². The van der Waals surface area contributed by atoms with Gasteiger partial charge in [-0.1, -0.05) is 42.5 Å². The normalized spacial score (nSPS) is 22.6. The van der Waals surface area contributed by atoms with Crippen molar-refractivity contribution < 1.29 is 14.4 Å². The number of likely N-dealkylation sites (tertiary alicyclic amines) is 1. The zero-order valence-corrected chi connectivity index (χ0v) is 20.5. The summed E-state index contributed by atoms with van der Waals surface area (Å²) in [5, 5.41) is 5.61. The van der Waals surface area contributed by atoms with Crippen molar-refractivity contribution >= 4 is 28.5 Å². The van der Waals surface area contributed by atoms with Crippen LogP contribution in [0.2, 0.25) is 0 Å². The molecule has 3 amide bonds. The Morgan fingerprint density at radius 1 is 1.12 bits per heavy atom. The fourth-order valence-electron chi connectivity index (χ4n) is 5.70. The molecule has 2 atom stereocenters. The van der Waals surface area contributed by atoms with Gasteiger partial charge in [-0.05, 0) is 62.3 Å². The molecular formula is C28H37N3O3. The number of hydrogen-bond donors (Lipinski definition) is 1. The standard InChI is InChI=1S/C28H37N3O3/c1-3-30(4-2)27(34)23-12-8-18-31(20-23)26(33)15-17-28(16-14-25(32)29-28)19-22-11-7-10-21-9-5-6-13-24(21)22/h5-7,9-11,13,23H,3-4,8,12,14-20H2,1-2H3,(H,29,32)/t23-,28-/m0/s1. The third-order valence-electron chi connectivity index (χ3n) is 7.66. The van der Waals surface area contributed by atoms with E-state index < -0.39 is 5.54 Å². The molecule has 2 aliphatic rings. The van der Waals surface area contributed by atoms with Crippen molar-refractivity contribution in [3.05, 3.63) is 48.0 Å². The lowest BCUT2D eigenvalue weighted by molar-refractivity contribution is -0.141. The highest BCUT2D eigenvalue weighted by Gasteiger charge is 2.39. The van der Waals surface area contributed by atoms with Crippen molar-refractivity contribution in [3.8, 4) is 0 Å². The largest absolute Gasteiger partial charge is 0.350 e. The molecule has 0 bridgehead atoms. The highest BCUT2D eigenvalue weighted by atomic mass is 16.2. The van der Waals surface area contributed by atoms with E-state index in [2.05, 4.69) is 35.6 Å². The molecule has 0 radical (unpaired) electrons. The molecule has 0 spiro atoms. The summed E-state index contributed by atoms with van der Waals surface area (Å²) in [4.78, 5) is 42.0. The van der Waals surface area contributed by atoms with Gasteiger partial charge in [0, 0.05) is 44.6 Å². The number of carbonyl (C=O) groups is 3. The number of fused-ring (bicyclic) bond motifs is 1. The number of hydrogen-bond acceptors (Lipinski definition) is 3. The summed E-state index contributed by atoms with van der Waals surface area (Å²) in [7, 11) is 0. The van der Waals surface area contributed by atoms with Gasteiger partial charge >= 0.3 is 0 Å². The number of amides is 3. The van der Waals surface area contributed by atoms with Gasteiger partial charge in [-0.25, -0.2) is 0 Å². The smallest absolute Gasteiger partial charge is 0.227 e. The molecule has 2 saturated heterocycles. The zero-order chi connectivity index (χ0) is 24.1. The number of benzene rings is 2. The number of piperidine rings is 1. The molecule has 6 nitrogen and oxygen atoms in total. The molecule has 4 rings (SSSR count). The van der Waals surface area contributed by atoms with Crippen molar-refractivity contribution in [2.45, 2.75) is 64.3 Å². The van der Waals surface area contributed by atoms with Gasteiger partial charge < -0.3 is 15.1 Å². The maximum Gasteiger partial charge on any atom is 0.227 e. The first-order valence-corrected chi connectivity index (χ1v) is 12.8. The van der Waals surface area contributed by atoms with Gasteiger partial charge in [0.15, 0.2) is 0 Å². The van der Waals surface area contributed by atoms with E-state index in [9.17, 15) is 14.4 Å². The van der Waals surface area contributed by atoms with Crippen LogP contribution in [-0.4, -0.2) is 59.2 Å². The average molecular weight is 464 g/mol. The van der Waals surface area contributed by atoms with Crippen molar-refractivity contribution in [1.82, 2.24) is 15.1 Å². The number of carbonyl (C=O) groups excluding carboxylic acids is 3. The summed E-state index contributed by atoms with van der Waals surface area (Å²) in [5.74, 6) is 0.220. The highest BCUT2D eigenvalue weighted by Crippen LogP contribution is 2.32. The minimum Gasteiger partial charge on any atom is -0.350 e. The van der Waals surface area contributed by atoms with Gasteiger partial charge in [-0.2, -0.15) is 0 Å². The maximum atomic E-state index is 13.2. The lowest BCUT2D eigenvalue weighted by Crippen LogP contribution is -2.48. The molecule has 2 fully saturated rings. The van der Waals surface area contributed by atoms with Crippen LogP contribution in [0.3, 0.4) is 0 Å². The molecule has 2 aromatic carbocycles. The third-order valence-corrected chi connectivity index (χ3v) is 7.66. The van der Waals surface area contributed by atoms with Crippen molar-refractivity contribution in [2.24, 2.45) is 5.92 Å². The quantitative estimate of drug-likeness (QED) is 0.645. The van der Waals surface area contributed by atoms with Gasteiger partial charge in [0.05, 0.1) is 5.92 Å². The summed E-state index contributed by atoms with van der Waals surface area (Å²) < 4.78 is 0. The molecule has 6 heteroatoms. The SMILES string of the molecule is CCN(CC)C(=O)[C@H]1CCCN(C(=O)CC[C@]2(Cc3cccc4ccccc34)CCC(=O)N2)C1. The third kappa shape index (κ3) is 5.26. The van der Waals surface area contributed by atoms with E-state index in [0.29, 0.717) is 45.4 Å². The van der Waals surface area contributed by atoms with Crippen LogP contribution in [0.25, 0.3) is 10.8 Å². The molecule has 1 N–H and O–H groups in total. The topological polar surface area (TPSA) is 69.7 Å². The molecule has 0 unspecified atom stereocenters. The van der Waals surface area contributed by atoms with Crippen molar-refractivity contribution in [3.63, 3.8) is 0 Å². The first-order valence-electron chi connectivity index (χ1n) is 12.8. The summed E-state index contributed by atoms with van der Waals surface area (Å²) in [6.07, 6.45) is 4.68. The molecule has 34 heavy (non-hydrogen) atoms. The Labute approximate surface area is 202 Å². The second-order valence-corrected chi connectivity index (χ2v) is 9.83. The lowest BCUT2D eigenvalue weighted by Gasteiger charge is -2.36. The van der Waals surface area contributed by atoms with Gasteiger partial charge in [0.2, 0.25) is 17.7 Å². The first kappa shape index (κ1) is 24.2. The van der Waals surface area contributed by atoms with E-state index in [4.69, 9.17) is 0 Å². The molecular weight excluding hydrogens is 426 g/mol. The lowest BCUT2D eigenvalue weighted by atomic mass is 9.83. The Morgan fingerprint density at radius 3 is 2.62 bits per heavy atom. The fraction of sp³-hybridized carbons (Fsp3) is 0.536. The van der Waals surface area contributed by atoms with Crippen molar-refractivity contribution in [2.75, 3.05) is 26.2 Å². The fourth-order valence-corrected chi connectivity index (χ4v) is 5.70. The van der Waals surface area contributed by atoms with E-state index >= 15 is 0 Å². The molecule has 2 aliphatic heterocycles. The maximum absolute atomic E-state index is 13.2. The van der Waals surface area contributed by atoms with Gasteiger partial charge in [0.1, 0.15) is 0 Å². The Bertz CT molecular complexity index is 1040. The van der Waals surface area contributed by atoms with E-state index in [1.807, 2.05) is 35.8 Å². The summed E-state index contributed by atoms with van der Waals surface area (Å²) in [6, 6.07) is 14.6. The summed E-state index contributed by atoms with van der Waals surface area (Å²) in [5.41, 5.74) is 0.805. The molecule has 2 aromatic rings. The van der Waals surface area contributed by atoms with Crippen LogP contribution >= 0.6 is 0 Å². The molecule has 182 valence electrons. The van der Waals surface area contributed by atoms with Crippen LogP contribution in [-0.2, 0) is 20.8 Å². The molecule has 2 heterocycles. The first-order chi connectivity index (χ1) is 16.4. The number of rotatable bonds is 8. The number of nitrogens with zero attached hydrogens (tertiary/aromatic N) is 2. The Balaban J connectivity index is 1.44. The zero-order valence-electron chi connectivity index (χ0n) is 20.5. The minimum absolute atomic E-state index is 0.0653. The summed E-state index contributed by atoms with van der Waals surface area (Å²) >= 11 is 0. The predicted molar refractivity (Wildman–Crippen MR) is 134 cm³/mol. The monoisotopic (exact) mass is 463 g/mol. The predicted octanol–water partition coefficient (Wildman–Crippen LogP) is 3.92. The van der Waals surface area contributed by atoms with Gasteiger partial charge in [0.25, 0.3) is 0 Å². The van der Waals surface area contributed by atoms with Crippen LogP contribution in [0.5, 0.6) is 0 Å². The minimum atomic E-state index is -0.400. The summed E-state index contributed by atoms with van der Waals surface area (Å²) in [6.45, 7) is 6.63. The van der Waals surface area contributed by atoms with E-state index in [1.54, 1.807) is 0 Å². The Morgan fingerprint density at radius 2 is 1.88 bits per heavy atom. The molecule has 0 aromatic heterocycles. The van der Waals surface area contributed by atoms with E-state index in [-0.39, 0.29) is 23.6 Å². The number of nitrogens with one attached hydrogen (secondary N) is 1.